The maximum absolute atomic E-state index is 12.0. The molecule has 0 aliphatic carbocycles. The molecule has 1 aromatic heterocycles. The van der Waals surface area contributed by atoms with Gasteiger partial charge in [0.1, 0.15) is 12.7 Å². The van der Waals surface area contributed by atoms with Gasteiger partial charge in [0.15, 0.2) is 0 Å². The normalized spacial score (nSPS) is 10.1. The van der Waals surface area contributed by atoms with E-state index in [-0.39, 0.29) is 5.91 Å². The highest BCUT2D eigenvalue weighted by molar-refractivity contribution is 5.75. The molecule has 0 N–H and O–H groups in total. The Morgan fingerprint density at radius 2 is 2.33 bits per heavy atom. The van der Waals surface area contributed by atoms with Crippen molar-refractivity contribution in [3.05, 3.63) is 48.0 Å². The second kappa shape index (κ2) is 7.20. The van der Waals surface area contributed by atoms with Crippen molar-refractivity contribution < 1.29 is 4.79 Å². The Morgan fingerprint density at radius 1 is 1.48 bits per heavy atom. The highest BCUT2D eigenvalue weighted by atomic mass is 16.2. The smallest absolute Gasteiger partial charge is 0.222 e. The molecule has 0 saturated heterocycles. The van der Waals surface area contributed by atoms with Crippen LogP contribution in [0.2, 0.25) is 0 Å². The summed E-state index contributed by atoms with van der Waals surface area (Å²) in [6.45, 7) is 1.20. The minimum Gasteiger partial charge on any atom is -0.341 e. The molecule has 2 aromatic rings. The van der Waals surface area contributed by atoms with Gasteiger partial charge in [0, 0.05) is 26.6 Å². The summed E-state index contributed by atoms with van der Waals surface area (Å²) in [7, 11) is 1.77. The number of hydrogen-bond donors (Lipinski definition) is 0. The lowest BCUT2D eigenvalue weighted by molar-refractivity contribution is -0.130. The summed E-state index contributed by atoms with van der Waals surface area (Å²) in [5.74, 6) is 0.0810. The van der Waals surface area contributed by atoms with Gasteiger partial charge in [-0.1, -0.05) is 12.1 Å². The molecule has 1 heterocycles. The molecule has 0 spiro atoms. The Hall–Kier alpha value is -2.68. The number of rotatable bonds is 6. The van der Waals surface area contributed by atoms with E-state index in [4.69, 9.17) is 5.26 Å². The summed E-state index contributed by atoms with van der Waals surface area (Å²) >= 11 is 0. The number of benzene rings is 1. The standard InChI is InChI=1S/C15H17N5O/c1-19(10-14-5-2-4-13(8-14)9-16)15(21)6-3-7-20-12-17-11-18-20/h2,4-5,8,11-12H,3,6-7,10H2,1H3. The Bertz CT molecular complexity index is 630. The number of aromatic nitrogens is 3. The first-order valence-corrected chi connectivity index (χ1v) is 6.74. The summed E-state index contributed by atoms with van der Waals surface area (Å²) in [4.78, 5) is 17.6. The maximum atomic E-state index is 12.0. The molecule has 0 fully saturated rings. The van der Waals surface area contributed by atoms with E-state index in [2.05, 4.69) is 16.2 Å². The number of aryl methyl sites for hydroxylation is 1. The van der Waals surface area contributed by atoms with E-state index in [1.165, 1.54) is 6.33 Å². The van der Waals surface area contributed by atoms with Crippen molar-refractivity contribution in [1.82, 2.24) is 19.7 Å². The van der Waals surface area contributed by atoms with Crippen LogP contribution >= 0.6 is 0 Å². The predicted octanol–water partition coefficient (Wildman–Crippen LogP) is 1.59. The number of carbonyl (C=O) groups is 1. The van der Waals surface area contributed by atoms with Crippen molar-refractivity contribution in [2.75, 3.05) is 7.05 Å². The summed E-state index contributed by atoms with van der Waals surface area (Å²) in [5, 5.41) is 12.9. The van der Waals surface area contributed by atoms with Gasteiger partial charge in [-0.3, -0.25) is 9.48 Å². The number of nitriles is 1. The Morgan fingerprint density at radius 3 is 3.05 bits per heavy atom. The predicted molar refractivity (Wildman–Crippen MR) is 76.9 cm³/mol. The molecule has 21 heavy (non-hydrogen) atoms. The van der Waals surface area contributed by atoms with Crippen LogP contribution in [0.15, 0.2) is 36.9 Å². The molecule has 6 nitrogen and oxygen atoms in total. The van der Waals surface area contributed by atoms with Crippen LogP contribution in [-0.4, -0.2) is 32.6 Å². The second-order valence-corrected chi connectivity index (χ2v) is 4.82. The highest BCUT2D eigenvalue weighted by Gasteiger charge is 2.09. The molecule has 0 bridgehead atoms. The van der Waals surface area contributed by atoms with Crippen LogP contribution in [0.4, 0.5) is 0 Å². The number of nitrogens with zero attached hydrogens (tertiary/aromatic N) is 5. The van der Waals surface area contributed by atoms with Crippen LogP contribution < -0.4 is 0 Å². The summed E-state index contributed by atoms with van der Waals surface area (Å²) in [6, 6.07) is 9.41. The van der Waals surface area contributed by atoms with Gasteiger partial charge in [-0.05, 0) is 24.1 Å². The van der Waals surface area contributed by atoms with Crippen molar-refractivity contribution in [3.63, 3.8) is 0 Å². The van der Waals surface area contributed by atoms with Gasteiger partial charge in [-0.15, -0.1) is 0 Å². The van der Waals surface area contributed by atoms with E-state index in [0.29, 0.717) is 25.1 Å². The van der Waals surface area contributed by atoms with Crippen LogP contribution in [0.25, 0.3) is 0 Å². The van der Waals surface area contributed by atoms with Crippen LogP contribution in [-0.2, 0) is 17.9 Å². The van der Waals surface area contributed by atoms with Gasteiger partial charge in [0.2, 0.25) is 5.91 Å². The third kappa shape index (κ3) is 4.42. The molecular formula is C15H17N5O. The van der Waals surface area contributed by atoms with E-state index in [1.807, 2.05) is 12.1 Å². The molecule has 0 aliphatic heterocycles. The van der Waals surface area contributed by atoms with E-state index < -0.39 is 0 Å². The van der Waals surface area contributed by atoms with Crippen molar-refractivity contribution in [2.24, 2.45) is 0 Å². The van der Waals surface area contributed by atoms with Gasteiger partial charge in [0.05, 0.1) is 11.6 Å². The van der Waals surface area contributed by atoms with E-state index >= 15 is 0 Å². The van der Waals surface area contributed by atoms with Crippen molar-refractivity contribution in [1.29, 1.82) is 5.26 Å². The van der Waals surface area contributed by atoms with E-state index in [0.717, 1.165) is 12.0 Å². The van der Waals surface area contributed by atoms with Gasteiger partial charge < -0.3 is 4.90 Å². The second-order valence-electron chi connectivity index (χ2n) is 4.82. The molecule has 1 aromatic carbocycles. The summed E-state index contributed by atoms with van der Waals surface area (Å²) in [5.41, 5.74) is 1.57. The zero-order chi connectivity index (χ0) is 15.1. The van der Waals surface area contributed by atoms with E-state index in [9.17, 15) is 4.79 Å². The molecule has 0 saturated carbocycles. The minimum atomic E-state index is 0.0810. The fraction of sp³-hybridized carbons (Fsp3) is 0.333. The summed E-state index contributed by atoms with van der Waals surface area (Å²) < 4.78 is 1.71. The number of amides is 1. The monoisotopic (exact) mass is 283 g/mol. The largest absolute Gasteiger partial charge is 0.341 e. The van der Waals surface area contributed by atoms with Crippen molar-refractivity contribution in [2.45, 2.75) is 25.9 Å². The lowest BCUT2D eigenvalue weighted by Gasteiger charge is -2.17. The van der Waals surface area contributed by atoms with Crippen LogP contribution in [0.5, 0.6) is 0 Å². The fourth-order valence-corrected chi connectivity index (χ4v) is 2.03. The molecular weight excluding hydrogens is 266 g/mol. The fourth-order valence-electron chi connectivity index (χ4n) is 2.03. The van der Waals surface area contributed by atoms with Crippen LogP contribution in [0.1, 0.15) is 24.0 Å². The lowest BCUT2D eigenvalue weighted by Crippen LogP contribution is -2.26. The maximum Gasteiger partial charge on any atom is 0.222 e. The Balaban J connectivity index is 1.80. The lowest BCUT2D eigenvalue weighted by atomic mass is 10.1. The average Bonchev–Trinajstić information content (AvgIpc) is 3.00. The molecule has 108 valence electrons. The Labute approximate surface area is 123 Å². The minimum absolute atomic E-state index is 0.0810. The molecule has 6 heteroatoms. The van der Waals surface area contributed by atoms with Crippen LogP contribution in [0.3, 0.4) is 0 Å². The molecule has 1 amide bonds. The zero-order valence-corrected chi connectivity index (χ0v) is 11.9. The average molecular weight is 283 g/mol. The van der Waals surface area contributed by atoms with Crippen molar-refractivity contribution >= 4 is 5.91 Å². The van der Waals surface area contributed by atoms with E-state index in [1.54, 1.807) is 35.1 Å². The molecule has 0 aliphatic rings. The first-order valence-electron chi connectivity index (χ1n) is 6.74. The first kappa shape index (κ1) is 14.7. The quantitative estimate of drug-likeness (QED) is 0.806. The number of carbonyl (C=O) groups excluding carboxylic acids is 1. The summed E-state index contributed by atoms with van der Waals surface area (Å²) in [6.07, 6.45) is 4.32. The van der Waals surface area contributed by atoms with Gasteiger partial charge >= 0.3 is 0 Å². The molecule has 0 radical (unpaired) electrons. The molecule has 0 atom stereocenters. The third-order valence-electron chi connectivity index (χ3n) is 3.15. The van der Waals surface area contributed by atoms with Gasteiger partial charge in [0.25, 0.3) is 0 Å². The first-order chi connectivity index (χ1) is 10.2. The topological polar surface area (TPSA) is 74.8 Å². The zero-order valence-electron chi connectivity index (χ0n) is 11.9. The SMILES string of the molecule is CN(Cc1cccc(C#N)c1)C(=O)CCCn1cncn1. The Kier molecular flexibility index (Phi) is 5.04. The number of hydrogen-bond acceptors (Lipinski definition) is 4. The van der Waals surface area contributed by atoms with Gasteiger partial charge in [-0.2, -0.15) is 10.4 Å². The highest BCUT2D eigenvalue weighted by Crippen LogP contribution is 2.08. The van der Waals surface area contributed by atoms with Crippen molar-refractivity contribution in [3.8, 4) is 6.07 Å². The van der Waals surface area contributed by atoms with Crippen LogP contribution in [0, 0.1) is 11.3 Å². The third-order valence-corrected chi connectivity index (χ3v) is 3.15. The molecule has 2 rings (SSSR count). The molecule has 0 unspecified atom stereocenters. The van der Waals surface area contributed by atoms with Gasteiger partial charge in [-0.25, -0.2) is 4.98 Å².